The van der Waals surface area contributed by atoms with E-state index in [9.17, 15) is 0 Å². The fourth-order valence-electron chi connectivity index (χ4n) is 9.90. The van der Waals surface area contributed by atoms with Gasteiger partial charge in [0.15, 0.2) is 0 Å². The number of pyridine rings is 3. The van der Waals surface area contributed by atoms with Crippen LogP contribution in [0.25, 0.3) is 106 Å². The molecule has 0 saturated heterocycles. The minimum Gasteiger partial charge on any atom is 0 e. The van der Waals surface area contributed by atoms with Gasteiger partial charge in [-0.1, -0.05) is 123 Å². The Hall–Kier alpha value is -7.49. The molecule has 0 aliphatic heterocycles. The first-order valence-electron chi connectivity index (χ1n) is 25.2. The Morgan fingerprint density at radius 2 is 1.23 bits per heavy atom. The molecule has 75 heavy (non-hydrogen) atoms. The molecule has 9 heteroatoms. The van der Waals surface area contributed by atoms with Crippen LogP contribution >= 0.6 is 0 Å². The van der Waals surface area contributed by atoms with E-state index in [1.807, 2.05) is 74.6 Å². The molecule has 6 aromatic heterocycles. The smallest absolute Gasteiger partial charge is 0 e. The van der Waals surface area contributed by atoms with Gasteiger partial charge in [-0.15, -0.1) is 18.2 Å². The summed E-state index contributed by atoms with van der Waals surface area (Å²) in [6.45, 7) is 12.9. The number of imidazole rings is 1. The number of benzene rings is 6. The fourth-order valence-corrected chi connectivity index (χ4v) is 12.9. The SMILES string of the molecule is Cc1cc2nc(-c3[c-]ccc4c3oc3nc(-c5ccccc5)ccc34)n(-c3c(-c4ccccc4)cc(C(C)(C)C)cc3-c3ccccc3)c2c(C)n1.Cc1ccc(-c2cc(-c3[c-]cccc3)nc[c]2[Ge]([CH3])([CH3])[CH3])o1.[Ir]. The molecule has 1 radical (unpaired) electrons. The van der Waals surface area contributed by atoms with Gasteiger partial charge >= 0.3 is 134 Å². The predicted molar refractivity (Wildman–Crippen MR) is 307 cm³/mol. The van der Waals surface area contributed by atoms with Crippen molar-refractivity contribution in [3.8, 4) is 73.2 Å². The van der Waals surface area contributed by atoms with Crippen molar-refractivity contribution in [2.45, 2.75) is 64.2 Å². The van der Waals surface area contributed by atoms with Gasteiger partial charge in [-0.3, -0.25) is 9.97 Å². The van der Waals surface area contributed by atoms with E-state index >= 15 is 0 Å². The summed E-state index contributed by atoms with van der Waals surface area (Å²) in [5, 5.41) is 1.92. The van der Waals surface area contributed by atoms with Crippen molar-refractivity contribution in [2.75, 3.05) is 0 Å². The fraction of sp³-hybridized carbons (Fsp3) is 0.152. The van der Waals surface area contributed by atoms with Gasteiger partial charge in [0.2, 0.25) is 5.71 Å². The third kappa shape index (κ3) is 10.1. The van der Waals surface area contributed by atoms with E-state index < -0.39 is 13.3 Å². The van der Waals surface area contributed by atoms with Gasteiger partial charge in [-0.25, -0.2) is 4.98 Å². The zero-order chi connectivity index (χ0) is 51.3. The summed E-state index contributed by atoms with van der Waals surface area (Å²) in [6, 6.07) is 67.5. The van der Waals surface area contributed by atoms with Crippen LogP contribution in [0, 0.1) is 32.9 Å². The van der Waals surface area contributed by atoms with Crippen LogP contribution in [0.1, 0.15) is 43.5 Å². The van der Waals surface area contributed by atoms with E-state index in [4.69, 9.17) is 23.8 Å². The molecule has 0 aliphatic carbocycles. The van der Waals surface area contributed by atoms with Gasteiger partial charge in [0.1, 0.15) is 0 Å². The Morgan fingerprint density at radius 1 is 0.573 bits per heavy atom. The van der Waals surface area contributed by atoms with Crippen molar-refractivity contribution in [3.05, 3.63) is 217 Å². The number of aryl methyl sites for hydroxylation is 3. The van der Waals surface area contributed by atoms with Crippen LogP contribution in [0.4, 0.5) is 0 Å². The molecule has 373 valence electrons. The van der Waals surface area contributed by atoms with Crippen molar-refractivity contribution in [2.24, 2.45) is 0 Å². The third-order valence-electron chi connectivity index (χ3n) is 13.6. The second-order valence-electron chi connectivity index (χ2n) is 21.1. The van der Waals surface area contributed by atoms with Crippen LogP contribution < -0.4 is 4.40 Å². The normalized spacial score (nSPS) is 11.7. The number of aromatic nitrogens is 5. The summed E-state index contributed by atoms with van der Waals surface area (Å²) in [5.74, 6) is 9.75. The number of rotatable bonds is 8. The third-order valence-corrected chi connectivity index (χ3v) is 17.8. The van der Waals surface area contributed by atoms with Crippen LogP contribution in [0.15, 0.2) is 191 Å². The van der Waals surface area contributed by atoms with Crippen LogP contribution in [0.3, 0.4) is 0 Å². The first kappa shape index (κ1) is 51.0. The van der Waals surface area contributed by atoms with Gasteiger partial charge in [0.25, 0.3) is 0 Å². The van der Waals surface area contributed by atoms with Crippen molar-refractivity contribution in [3.63, 3.8) is 0 Å². The number of hydrogen-bond acceptors (Lipinski definition) is 6. The molecule has 0 amide bonds. The van der Waals surface area contributed by atoms with E-state index in [0.29, 0.717) is 11.3 Å². The van der Waals surface area contributed by atoms with Gasteiger partial charge < -0.3 is 8.98 Å². The summed E-state index contributed by atoms with van der Waals surface area (Å²) < 4.78 is 16.3. The zero-order valence-corrected chi connectivity index (χ0v) is 48.2. The monoisotopic (exact) mass is 1220 g/mol. The van der Waals surface area contributed by atoms with Gasteiger partial charge in [0, 0.05) is 47.9 Å². The van der Waals surface area contributed by atoms with E-state index in [2.05, 4.69) is 188 Å². The molecule has 0 atom stereocenters. The Balaban J connectivity index is 0.000000234. The Labute approximate surface area is 455 Å². The molecule has 6 heterocycles. The predicted octanol–water partition coefficient (Wildman–Crippen LogP) is 16.8. The van der Waals surface area contributed by atoms with Crippen LogP contribution in [-0.4, -0.2) is 37.8 Å². The molecule has 6 aromatic carbocycles. The molecule has 7 nitrogen and oxygen atoms in total. The van der Waals surface area contributed by atoms with Crippen LogP contribution in [0.2, 0.25) is 17.3 Å². The molecule has 0 fully saturated rings. The number of hydrogen-bond donors (Lipinski definition) is 0. The van der Waals surface area contributed by atoms with Crippen LogP contribution in [0.5, 0.6) is 0 Å². The van der Waals surface area contributed by atoms with Crippen molar-refractivity contribution < 1.29 is 28.9 Å². The zero-order valence-electron chi connectivity index (χ0n) is 43.7. The Bertz CT molecular complexity index is 3940. The largest absolute Gasteiger partial charge is 0 e. The summed E-state index contributed by atoms with van der Waals surface area (Å²) in [5.41, 5.74) is 17.4. The summed E-state index contributed by atoms with van der Waals surface area (Å²) in [6.07, 6.45) is 2.04. The van der Waals surface area contributed by atoms with E-state index in [0.717, 1.165) is 107 Å². The average molecular weight is 1220 g/mol. The number of nitrogens with zero attached hydrogens (tertiary/aromatic N) is 5. The molecule has 12 aromatic rings. The quantitative estimate of drug-likeness (QED) is 0.111. The molecule has 0 unspecified atom stereocenters. The minimum absolute atomic E-state index is 0. The maximum Gasteiger partial charge on any atom is 0 e. The Kier molecular flexibility index (Phi) is 14.1. The summed E-state index contributed by atoms with van der Waals surface area (Å²) in [4.78, 5) is 20.1. The molecular weight excluding hydrogens is 1160 g/mol. The maximum atomic E-state index is 6.72. The van der Waals surface area contributed by atoms with Gasteiger partial charge in [-0.2, -0.15) is 0 Å². The standard InChI is InChI=1S/C47H37N4O.C19H20GeNO.Ir/c1-29-26-41-42(30(2)48-29)51(43-38(31-16-9-6-10-17-31)27-34(47(3,4)5)28-39(43)32-18-11-7-12-19-32)45(49-41)37-23-15-22-35-36-24-25-40(33-20-13-8-14-21-33)50-46(36)52-44(35)37;1-14-10-11-19(22-14)16-12-18(15-8-6-5-7-9-15)21-13-17(16)20(2,3)4;/h6-22,24-28H,1-5H3;5-8,10-13H,1-4H3;/q2*-1;. The first-order valence-corrected chi connectivity index (χ1v) is 32.5. The summed E-state index contributed by atoms with van der Waals surface area (Å²) in [7, 11) is 0. The number of furan rings is 2. The second-order valence-corrected chi connectivity index (χ2v) is 31.6. The van der Waals surface area contributed by atoms with E-state index in [1.54, 1.807) is 0 Å². The van der Waals surface area contributed by atoms with Gasteiger partial charge in [0.05, 0.1) is 39.5 Å². The molecule has 0 saturated carbocycles. The second kappa shape index (κ2) is 20.7. The van der Waals surface area contributed by atoms with Crippen LogP contribution in [-0.2, 0) is 25.5 Å². The number of fused-ring (bicyclic) bond motifs is 4. The van der Waals surface area contributed by atoms with Gasteiger partial charge in [-0.05, 0) is 66.3 Å². The molecule has 12 rings (SSSR count). The van der Waals surface area contributed by atoms with Crippen molar-refractivity contribution in [1.29, 1.82) is 0 Å². The molecular formula is C66H57GeIrN5O2-2. The first-order chi connectivity index (χ1) is 35.7. The maximum absolute atomic E-state index is 6.72. The van der Waals surface area contributed by atoms with Crippen molar-refractivity contribution in [1.82, 2.24) is 24.5 Å². The summed E-state index contributed by atoms with van der Waals surface area (Å²) >= 11 is -2.04. The van der Waals surface area contributed by atoms with E-state index in [-0.39, 0.29) is 25.5 Å². The molecule has 0 aliphatic rings. The topological polar surface area (TPSA) is 82.8 Å². The van der Waals surface area contributed by atoms with Crippen molar-refractivity contribution >= 4 is 50.8 Å². The van der Waals surface area contributed by atoms with E-state index in [1.165, 1.54) is 15.5 Å². The molecule has 0 spiro atoms. The molecule has 0 bridgehead atoms. The average Bonchev–Trinajstić information content (AvgIpc) is 4.19. The minimum atomic E-state index is -2.04. The molecule has 0 N–H and O–H groups in total. The Morgan fingerprint density at radius 3 is 1.83 bits per heavy atom.